The van der Waals surface area contributed by atoms with Gasteiger partial charge in [0.15, 0.2) is 11.7 Å². The van der Waals surface area contributed by atoms with Gasteiger partial charge in [-0.2, -0.15) is 5.26 Å². The van der Waals surface area contributed by atoms with E-state index in [4.69, 9.17) is 9.97 Å². The molecule has 0 saturated carbocycles. The summed E-state index contributed by atoms with van der Waals surface area (Å²) in [4.78, 5) is 26.9. The number of benzene rings is 2. The second-order valence-electron chi connectivity index (χ2n) is 7.80. The molecule has 1 amide bonds. The normalized spacial score (nSPS) is 15.4. The monoisotopic (exact) mass is 414 g/mol. The lowest BCUT2D eigenvalue weighted by atomic mass is 10.0. The summed E-state index contributed by atoms with van der Waals surface area (Å²) in [5.74, 6) is -0.711. The second kappa shape index (κ2) is 9.54. The average molecular weight is 415 g/mol. The summed E-state index contributed by atoms with van der Waals surface area (Å²) in [5.41, 5.74) is 3.02. The van der Waals surface area contributed by atoms with E-state index in [1.807, 2.05) is 54.6 Å². The molecule has 4 rings (SSSR count). The molecule has 1 aliphatic heterocycles. The van der Waals surface area contributed by atoms with Crippen molar-refractivity contribution < 1.29 is 4.79 Å². The molecule has 1 fully saturated rings. The van der Waals surface area contributed by atoms with Gasteiger partial charge in [-0.25, -0.2) is 9.97 Å². The van der Waals surface area contributed by atoms with Crippen LogP contribution in [-0.4, -0.2) is 60.5 Å². The van der Waals surface area contributed by atoms with Crippen molar-refractivity contribution >= 4 is 22.8 Å². The van der Waals surface area contributed by atoms with Crippen molar-refractivity contribution in [3.05, 3.63) is 65.9 Å². The molecule has 3 aromatic rings. The number of carbonyl (C=O) groups excluding carboxylic acids is 1. The fourth-order valence-electron chi connectivity index (χ4n) is 3.77. The molecule has 0 spiro atoms. The first kappa shape index (κ1) is 20.8. The number of piperazine rings is 1. The number of para-hydroxylation sites is 2. The largest absolute Gasteiger partial charge is 0.354 e. The number of aromatic nitrogens is 2. The Hall–Kier alpha value is -3.50. The number of nitrogens with zero attached hydrogens (tertiary/aromatic N) is 5. The van der Waals surface area contributed by atoms with E-state index in [2.05, 4.69) is 28.2 Å². The van der Waals surface area contributed by atoms with Gasteiger partial charge in [-0.3, -0.25) is 4.79 Å². The van der Waals surface area contributed by atoms with E-state index >= 15 is 0 Å². The lowest BCUT2D eigenvalue weighted by molar-refractivity contribution is -0.121. The molecule has 1 aliphatic rings. The summed E-state index contributed by atoms with van der Waals surface area (Å²) in [5, 5.41) is 12.8. The Morgan fingerprint density at radius 3 is 2.35 bits per heavy atom. The van der Waals surface area contributed by atoms with Crippen molar-refractivity contribution in [2.24, 2.45) is 0 Å². The Morgan fingerprint density at radius 2 is 1.68 bits per heavy atom. The number of likely N-dealkylation sites (N-methyl/N-ethyl adjacent to an activating group) is 1. The van der Waals surface area contributed by atoms with Crippen LogP contribution in [0.4, 0.5) is 5.82 Å². The molecule has 7 nitrogen and oxygen atoms in total. The number of rotatable bonds is 6. The summed E-state index contributed by atoms with van der Waals surface area (Å²) in [7, 11) is 2.09. The summed E-state index contributed by atoms with van der Waals surface area (Å²) >= 11 is 0. The minimum atomic E-state index is -1.01. The predicted molar refractivity (Wildman–Crippen MR) is 121 cm³/mol. The van der Waals surface area contributed by atoms with Crippen LogP contribution in [0.15, 0.2) is 54.6 Å². The number of nitriles is 1. The summed E-state index contributed by atoms with van der Waals surface area (Å²) < 4.78 is 0. The van der Waals surface area contributed by atoms with Crippen LogP contribution in [0.25, 0.3) is 11.0 Å². The molecule has 2 heterocycles. The van der Waals surface area contributed by atoms with Crippen molar-refractivity contribution in [1.82, 2.24) is 20.2 Å². The topological polar surface area (TPSA) is 85.2 Å². The number of hydrogen-bond acceptors (Lipinski definition) is 6. The zero-order valence-electron chi connectivity index (χ0n) is 17.7. The second-order valence-corrected chi connectivity index (χ2v) is 7.80. The van der Waals surface area contributed by atoms with Gasteiger partial charge in [0.25, 0.3) is 0 Å². The molecular weight excluding hydrogens is 388 g/mol. The third-order valence-electron chi connectivity index (χ3n) is 5.60. The van der Waals surface area contributed by atoms with Crippen LogP contribution in [0.2, 0.25) is 0 Å². The van der Waals surface area contributed by atoms with Gasteiger partial charge in [0.2, 0.25) is 5.91 Å². The summed E-state index contributed by atoms with van der Waals surface area (Å²) in [6.45, 7) is 3.82. The fourth-order valence-corrected chi connectivity index (χ4v) is 3.77. The molecule has 7 heteroatoms. The lowest BCUT2D eigenvalue weighted by Crippen LogP contribution is -2.45. The first-order chi connectivity index (χ1) is 15.2. The zero-order valence-corrected chi connectivity index (χ0v) is 17.7. The number of nitrogens with one attached hydrogen (secondary N) is 1. The van der Waals surface area contributed by atoms with Crippen LogP contribution in [0.3, 0.4) is 0 Å². The van der Waals surface area contributed by atoms with E-state index in [1.165, 1.54) is 0 Å². The Bertz CT molecular complexity index is 1090. The van der Waals surface area contributed by atoms with Crippen molar-refractivity contribution in [1.29, 1.82) is 5.26 Å². The number of anilines is 1. The van der Waals surface area contributed by atoms with Gasteiger partial charge in [-0.15, -0.1) is 0 Å². The van der Waals surface area contributed by atoms with Gasteiger partial charge in [0.05, 0.1) is 17.1 Å². The van der Waals surface area contributed by atoms with Gasteiger partial charge in [-0.05, 0) is 31.2 Å². The van der Waals surface area contributed by atoms with Gasteiger partial charge in [0, 0.05) is 32.7 Å². The van der Waals surface area contributed by atoms with Crippen molar-refractivity contribution in [3.63, 3.8) is 0 Å². The maximum absolute atomic E-state index is 13.0. The van der Waals surface area contributed by atoms with Gasteiger partial charge in [-0.1, -0.05) is 42.5 Å². The maximum Gasteiger partial charge on any atom is 0.243 e. The highest BCUT2D eigenvalue weighted by atomic mass is 16.1. The van der Waals surface area contributed by atoms with Crippen molar-refractivity contribution in [3.8, 4) is 6.07 Å². The number of hydrogen-bond donors (Lipinski definition) is 1. The third-order valence-corrected chi connectivity index (χ3v) is 5.60. The zero-order chi connectivity index (χ0) is 21.6. The molecule has 1 saturated heterocycles. The number of amides is 1. The van der Waals surface area contributed by atoms with Crippen LogP contribution in [0, 0.1) is 11.3 Å². The first-order valence-electron chi connectivity index (χ1n) is 10.6. The highest BCUT2D eigenvalue weighted by Crippen LogP contribution is 2.28. The Labute approximate surface area is 182 Å². The van der Waals surface area contributed by atoms with E-state index in [-0.39, 0.29) is 5.91 Å². The van der Waals surface area contributed by atoms with Gasteiger partial charge in [0.1, 0.15) is 5.69 Å². The smallest absolute Gasteiger partial charge is 0.243 e. The first-order valence-corrected chi connectivity index (χ1v) is 10.6. The molecule has 158 valence electrons. The van der Waals surface area contributed by atoms with Crippen LogP contribution in [0.5, 0.6) is 0 Å². The van der Waals surface area contributed by atoms with E-state index in [0.717, 1.165) is 37.3 Å². The van der Waals surface area contributed by atoms with Crippen molar-refractivity contribution in [2.45, 2.75) is 12.3 Å². The van der Waals surface area contributed by atoms with Crippen LogP contribution in [0.1, 0.15) is 17.2 Å². The molecule has 0 aliphatic carbocycles. The molecule has 2 aromatic carbocycles. The average Bonchev–Trinajstić information content (AvgIpc) is 2.80. The molecule has 31 heavy (non-hydrogen) atoms. The highest BCUT2D eigenvalue weighted by Gasteiger charge is 2.29. The van der Waals surface area contributed by atoms with E-state index < -0.39 is 5.92 Å². The van der Waals surface area contributed by atoms with Gasteiger partial charge >= 0.3 is 0 Å². The number of fused-ring (bicyclic) bond motifs is 1. The minimum Gasteiger partial charge on any atom is -0.354 e. The third kappa shape index (κ3) is 4.81. The Balaban J connectivity index is 1.59. The standard InChI is InChI=1S/C24H26N6O/c1-29-13-15-30(16-14-29)23-22(27-20-9-5-6-10-21(20)28-23)19(17-25)24(31)26-12-11-18-7-3-2-4-8-18/h2-10,19H,11-16H2,1H3,(H,26,31)/t19-/m1/s1. The Kier molecular flexibility index (Phi) is 6.39. The summed E-state index contributed by atoms with van der Waals surface area (Å²) in [6.07, 6.45) is 0.708. The maximum atomic E-state index is 13.0. The van der Waals surface area contributed by atoms with Crippen LogP contribution in [-0.2, 0) is 11.2 Å². The highest BCUT2D eigenvalue weighted by molar-refractivity contribution is 5.88. The lowest BCUT2D eigenvalue weighted by Gasteiger charge is -2.34. The van der Waals surface area contributed by atoms with Crippen LogP contribution < -0.4 is 10.2 Å². The minimum absolute atomic E-state index is 0.335. The van der Waals surface area contributed by atoms with E-state index in [9.17, 15) is 10.1 Å². The predicted octanol–water partition coefficient (Wildman–Crippen LogP) is 2.35. The number of carbonyl (C=O) groups is 1. The SMILES string of the molecule is CN1CCN(c2nc3ccccc3nc2[C@@H](C#N)C(=O)NCCc2ccccc2)CC1. The molecule has 1 N–H and O–H groups in total. The molecule has 1 aromatic heterocycles. The molecule has 0 bridgehead atoms. The molecule has 0 unspecified atom stereocenters. The van der Waals surface area contributed by atoms with Crippen LogP contribution >= 0.6 is 0 Å². The van der Waals surface area contributed by atoms with Crippen molar-refractivity contribution in [2.75, 3.05) is 44.7 Å². The van der Waals surface area contributed by atoms with Gasteiger partial charge < -0.3 is 15.1 Å². The van der Waals surface area contributed by atoms with E-state index in [0.29, 0.717) is 30.0 Å². The van der Waals surface area contributed by atoms with E-state index in [1.54, 1.807) is 0 Å². The quantitative estimate of drug-likeness (QED) is 0.667. The Morgan fingerprint density at radius 1 is 1.03 bits per heavy atom. The molecule has 1 atom stereocenters. The fraction of sp³-hybridized carbons (Fsp3) is 0.333. The molecule has 0 radical (unpaired) electrons. The molecular formula is C24H26N6O. The summed E-state index contributed by atoms with van der Waals surface area (Å²) in [6, 6.07) is 19.7.